The van der Waals surface area contributed by atoms with Crippen molar-refractivity contribution in [3.8, 4) is 17.6 Å². The number of halogens is 2. The second kappa shape index (κ2) is 12.2. The van der Waals surface area contributed by atoms with Crippen molar-refractivity contribution in [1.82, 2.24) is 0 Å². The van der Waals surface area contributed by atoms with Crippen LogP contribution in [-0.4, -0.2) is 6.61 Å². The predicted octanol–water partition coefficient (Wildman–Crippen LogP) is 8.59. The molecule has 0 aromatic heterocycles. The van der Waals surface area contributed by atoms with E-state index in [2.05, 4.69) is 18.4 Å². The Labute approximate surface area is 209 Å². The van der Waals surface area contributed by atoms with Crippen LogP contribution in [0.1, 0.15) is 80.9 Å². The van der Waals surface area contributed by atoms with Crippen molar-refractivity contribution in [2.75, 3.05) is 6.61 Å². The Hall–Kier alpha value is -2.86. The third-order valence-corrected chi connectivity index (χ3v) is 7.79. The maximum absolute atomic E-state index is 15.1. The maximum atomic E-state index is 15.1. The van der Waals surface area contributed by atoms with E-state index in [0.29, 0.717) is 23.7 Å². The van der Waals surface area contributed by atoms with Crippen LogP contribution in [-0.2, 0) is 0 Å². The molecule has 2 aromatic rings. The lowest BCUT2D eigenvalue weighted by Crippen LogP contribution is -2.30. The van der Waals surface area contributed by atoms with Gasteiger partial charge in [-0.3, -0.25) is 0 Å². The number of benzene rings is 2. The number of fused-ring (bicyclic) bond motifs is 1. The van der Waals surface area contributed by atoms with Crippen molar-refractivity contribution in [2.45, 2.75) is 64.2 Å². The van der Waals surface area contributed by atoms with Crippen molar-refractivity contribution in [3.05, 3.63) is 89.5 Å². The number of rotatable bonds is 7. The second-order valence-electron chi connectivity index (χ2n) is 10.1. The van der Waals surface area contributed by atoms with Crippen LogP contribution in [0.4, 0.5) is 8.78 Å². The van der Waals surface area contributed by atoms with E-state index in [-0.39, 0.29) is 11.6 Å². The van der Waals surface area contributed by atoms with Crippen molar-refractivity contribution < 1.29 is 13.5 Å². The van der Waals surface area contributed by atoms with Gasteiger partial charge in [0, 0.05) is 11.1 Å². The van der Waals surface area contributed by atoms with E-state index in [4.69, 9.17) is 4.74 Å². The molecule has 0 N–H and O–H groups in total. The summed E-state index contributed by atoms with van der Waals surface area (Å²) in [6, 6.07) is 10.00. The first-order valence-corrected chi connectivity index (χ1v) is 13.0. The van der Waals surface area contributed by atoms with Gasteiger partial charge in [-0.2, -0.15) is 0 Å². The molecule has 3 heteroatoms. The number of allylic oxidation sites excluding steroid dienone is 2. The monoisotopic (exact) mass is 474 g/mol. The Morgan fingerprint density at radius 2 is 1.66 bits per heavy atom. The molecule has 4 unspecified atom stereocenters. The lowest BCUT2D eigenvalue weighted by atomic mass is 9.63. The van der Waals surface area contributed by atoms with Crippen LogP contribution >= 0.6 is 0 Å². The normalized spacial score (nSPS) is 23.9. The topological polar surface area (TPSA) is 9.23 Å². The Balaban J connectivity index is 1.37. The fourth-order valence-corrected chi connectivity index (χ4v) is 5.89. The van der Waals surface area contributed by atoms with Crippen LogP contribution in [0.5, 0.6) is 5.75 Å². The minimum absolute atomic E-state index is 0.168. The molecule has 0 bridgehead atoms. The highest BCUT2D eigenvalue weighted by Crippen LogP contribution is 2.48. The molecule has 2 fully saturated rings. The minimum Gasteiger partial charge on any atom is -0.486 e. The Morgan fingerprint density at radius 3 is 2.37 bits per heavy atom. The fraction of sp³-hybridized carbons (Fsp3) is 0.438. The first-order chi connectivity index (χ1) is 17.1. The summed E-state index contributed by atoms with van der Waals surface area (Å²) in [4.78, 5) is 0. The van der Waals surface area contributed by atoms with E-state index in [1.54, 1.807) is 12.1 Å². The van der Waals surface area contributed by atoms with Gasteiger partial charge in [0.25, 0.3) is 0 Å². The highest BCUT2D eigenvalue weighted by atomic mass is 19.1. The van der Waals surface area contributed by atoms with Crippen LogP contribution in [0, 0.1) is 41.2 Å². The van der Waals surface area contributed by atoms with Gasteiger partial charge in [-0.25, -0.2) is 8.78 Å². The molecule has 4 atom stereocenters. The molecule has 0 aliphatic heterocycles. The fourth-order valence-electron chi connectivity index (χ4n) is 5.89. The summed E-state index contributed by atoms with van der Waals surface area (Å²) in [5.74, 6) is 8.19. The SMILES string of the molecule is C=CCCC1CCC2CC(c3ccc(C#Cc4ccc(OC/C=C/C)c(F)c4)cc3F)CCC2C1. The molecule has 0 amide bonds. The second-order valence-corrected chi connectivity index (χ2v) is 10.1. The highest BCUT2D eigenvalue weighted by molar-refractivity contribution is 5.46. The standard InChI is InChI=1S/C32H36F2O/c1-3-5-7-23-10-13-27-22-28(15-14-26(27)19-23)29-16-11-24(20-30(29)33)8-9-25-12-17-32(31(34)21-25)35-18-6-4-2/h3-4,6,11-12,16-17,20-21,23,26-28H,1,5,7,10,13-15,18-19,22H2,2H3/b6-4+. The molecule has 184 valence electrons. The largest absolute Gasteiger partial charge is 0.486 e. The third kappa shape index (κ3) is 6.63. The summed E-state index contributed by atoms with van der Waals surface area (Å²) in [7, 11) is 0. The number of hydrogen-bond acceptors (Lipinski definition) is 1. The van der Waals surface area contributed by atoms with Crippen LogP contribution < -0.4 is 4.74 Å². The van der Waals surface area contributed by atoms with Crippen LogP contribution in [0.25, 0.3) is 0 Å². The molecular weight excluding hydrogens is 438 g/mol. The van der Waals surface area contributed by atoms with E-state index in [1.165, 1.54) is 44.2 Å². The molecule has 2 aliphatic carbocycles. The van der Waals surface area contributed by atoms with Gasteiger partial charge in [0.05, 0.1) is 0 Å². The third-order valence-electron chi connectivity index (χ3n) is 7.79. The lowest BCUT2D eigenvalue weighted by Gasteiger charge is -2.42. The Morgan fingerprint density at radius 1 is 0.943 bits per heavy atom. The zero-order chi connectivity index (χ0) is 24.6. The molecule has 0 saturated heterocycles. The molecule has 4 rings (SSSR count). The van der Waals surface area contributed by atoms with Gasteiger partial charge in [0.15, 0.2) is 11.6 Å². The van der Waals surface area contributed by atoms with Crippen molar-refractivity contribution >= 4 is 0 Å². The maximum Gasteiger partial charge on any atom is 0.166 e. The highest BCUT2D eigenvalue weighted by Gasteiger charge is 2.36. The van der Waals surface area contributed by atoms with Gasteiger partial charge in [-0.05, 0) is 111 Å². The van der Waals surface area contributed by atoms with Crippen molar-refractivity contribution in [3.63, 3.8) is 0 Å². The first kappa shape index (κ1) is 25.2. The van der Waals surface area contributed by atoms with Gasteiger partial charge >= 0.3 is 0 Å². The van der Waals surface area contributed by atoms with E-state index < -0.39 is 5.82 Å². The quantitative estimate of drug-likeness (QED) is 0.288. The van der Waals surface area contributed by atoms with Gasteiger partial charge in [-0.15, -0.1) is 6.58 Å². The zero-order valence-electron chi connectivity index (χ0n) is 20.7. The van der Waals surface area contributed by atoms with E-state index >= 15 is 4.39 Å². The average molecular weight is 475 g/mol. The summed E-state index contributed by atoms with van der Waals surface area (Å²) >= 11 is 0. The molecule has 1 nitrogen and oxygen atoms in total. The summed E-state index contributed by atoms with van der Waals surface area (Å²) < 4.78 is 34.7. The first-order valence-electron chi connectivity index (χ1n) is 13.0. The molecule has 35 heavy (non-hydrogen) atoms. The summed E-state index contributed by atoms with van der Waals surface area (Å²) in [6.07, 6.45) is 15.4. The van der Waals surface area contributed by atoms with Gasteiger partial charge in [0.1, 0.15) is 12.4 Å². The Kier molecular flexibility index (Phi) is 8.80. The summed E-state index contributed by atoms with van der Waals surface area (Å²) in [6.45, 7) is 6.07. The summed E-state index contributed by atoms with van der Waals surface area (Å²) in [5, 5.41) is 0. The molecule has 2 aliphatic rings. The van der Waals surface area contributed by atoms with Gasteiger partial charge < -0.3 is 4.74 Å². The lowest BCUT2D eigenvalue weighted by molar-refractivity contribution is 0.114. The Bertz CT molecular complexity index is 1110. The summed E-state index contributed by atoms with van der Waals surface area (Å²) in [5.41, 5.74) is 1.97. The number of hydrogen-bond donors (Lipinski definition) is 0. The van der Waals surface area contributed by atoms with Crippen LogP contribution in [0.15, 0.2) is 61.2 Å². The minimum atomic E-state index is -0.451. The molecule has 0 radical (unpaired) electrons. The zero-order valence-corrected chi connectivity index (χ0v) is 20.7. The number of ether oxygens (including phenoxy) is 1. The van der Waals surface area contributed by atoms with Crippen molar-refractivity contribution in [1.29, 1.82) is 0 Å². The van der Waals surface area contributed by atoms with Crippen LogP contribution in [0.2, 0.25) is 0 Å². The van der Waals surface area contributed by atoms with Gasteiger partial charge in [0.2, 0.25) is 0 Å². The predicted molar refractivity (Wildman–Crippen MR) is 139 cm³/mol. The van der Waals surface area contributed by atoms with Crippen molar-refractivity contribution in [2.24, 2.45) is 17.8 Å². The van der Waals surface area contributed by atoms with E-state index in [9.17, 15) is 4.39 Å². The molecular formula is C32H36F2O. The molecule has 2 aromatic carbocycles. The van der Waals surface area contributed by atoms with E-state index in [1.807, 2.05) is 37.3 Å². The average Bonchev–Trinajstić information content (AvgIpc) is 2.87. The van der Waals surface area contributed by atoms with E-state index in [0.717, 1.165) is 42.6 Å². The van der Waals surface area contributed by atoms with Gasteiger partial charge in [-0.1, -0.05) is 42.6 Å². The molecule has 0 spiro atoms. The van der Waals surface area contributed by atoms with Crippen LogP contribution in [0.3, 0.4) is 0 Å². The molecule has 0 heterocycles. The smallest absolute Gasteiger partial charge is 0.166 e. The molecule has 2 saturated carbocycles.